The van der Waals surface area contributed by atoms with Crippen LogP contribution in [0, 0.1) is 0 Å². The van der Waals surface area contributed by atoms with Gasteiger partial charge in [0.05, 0.1) is 5.02 Å². The lowest BCUT2D eigenvalue weighted by atomic mass is 10.1. The molecule has 4 nitrogen and oxygen atoms in total. The Morgan fingerprint density at radius 2 is 2.21 bits per heavy atom. The summed E-state index contributed by atoms with van der Waals surface area (Å²) in [5.74, 6) is -0.0214. The van der Waals surface area contributed by atoms with Crippen molar-refractivity contribution in [1.29, 1.82) is 0 Å². The molecule has 0 bridgehead atoms. The number of piperazine rings is 1. The Morgan fingerprint density at radius 1 is 1.47 bits per heavy atom. The van der Waals surface area contributed by atoms with Crippen molar-refractivity contribution in [3.63, 3.8) is 0 Å². The van der Waals surface area contributed by atoms with Crippen LogP contribution in [0.4, 0.5) is 0 Å². The van der Waals surface area contributed by atoms with Crippen molar-refractivity contribution in [3.05, 3.63) is 28.8 Å². The van der Waals surface area contributed by atoms with Crippen LogP contribution in [0.5, 0.6) is 5.75 Å². The number of hydrogen-bond acceptors (Lipinski definition) is 3. The Morgan fingerprint density at radius 3 is 2.79 bits per heavy atom. The van der Waals surface area contributed by atoms with Crippen molar-refractivity contribution in [2.24, 2.45) is 0 Å². The molecule has 1 fully saturated rings. The third-order valence-electron chi connectivity index (χ3n) is 3.65. The number of carbonyl (C=O) groups excluding carboxylic acids is 1. The van der Waals surface area contributed by atoms with E-state index in [1.54, 1.807) is 6.07 Å². The quantitative estimate of drug-likeness (QED) is 0.904. The first-order chi connectivity index (χ1) is 9.02. The van der Waals surface area contributed by atoms with Crippen LogP contribution in [0.15, 0.2) is 18.2 Å². The van der Waals surface area contributed by atoms with Gasteiger partial charge in [-0.15, -0.1) is 0 Å². The number of nitrogens with zero attached hydrogens (tertiary/aromatic N) is 2. The Hall–Kier alpha value is -1.26. The molecule has 104 valence electrons. The van der Waals surface area contributed by atoms with Crippen LogP contribution in [0.3, 0.4) is 0 Å². The van der Waals surface area contributed by atoms with E-state index in [0.717, 1.165) is 26.2 Å². The fraction of sp³-hybridized carbons (Fsp3) is 0.500. The maximum absolute atomic E-state index is 12.4. The number of carbonyl (C=O) groups is 1. The number of likely N-dealkylation sites (N-methyl/N-ethyl adjacent to an activating group) is 1. The summed E-state index contributed by atoms with van der Waals surface area (Å²) in [6.07, 6.45) is 0. The van der Waals surface area contributed by atoms with Crippen LogP contribution < -0.4 is 0 Å². The number of phenolic OH excluding ortho intramolecular Hbond substituents is 1. The molecule has 1 aliphatic rings. The van der Waals surface area contributed by atoms with Crippen LogP contribution in [0.1, 0.15) is 24.2 Å². The molecule has 1 atom stereocenters. The van der Waals surface area contributed by atoms with Gasteiger partial charge in [0.15, 0.2) is 0 Å². The van der Waals surface area contributed by atoms with Crippen molar-refractivity contribution in [1.82, 2.24) is 9.80 Å². The minimum atomic E-state index is -0.0236. The molecule has 0 saturated carbocycles. The highest BCUT2D eigenvalue weighted by atomic mass is 35.5. The van der Waals surface area contributed by atoms with E-state index in [1.165, 1.54) is 12.1 Å². The van der Waals surface area contributed by atoms with E-state index in [0.29, 0.717) is 11.6 Å². The highest BCUT2D eigenvalue weighted by Gasteiger charge is 2.26. The molecule has 1 aromatic rings. The van der Waals surface area contributed by atoms with Gasteiger partial charge in [-0.25, -0.2) is 0 Å². The number of aromatic hydroxyl groups is 1. The molecular formula is C14H19ClN2O2. The molecule has 1 aliphatic heterocycles. The average Bonchev–Trinajstić information content (AvgIpc) is 2.41. The second-order valence-corrected chi connectivity index (χ2v) is 5.30. The monoisotopic (exact) mass is 282 g/mol. The second kappa shape index (κ2) is 5.80. The second-order valence-electron chi connectivity index (χ2n) is 4.89. The summed E-state index contributed by atoms with van der Waals surface area (Å²) in [5.41, 5.74) is 0.528. The molecule has 1 amide bonds. The fourth-order valence-corrected chi connectivity index (χ4v) is 2.65. The number of hydrogen-bond donors (Lipinski definition) is 1. The zero-order valence-electron chi connectivity index (χ0n) is 11.3. The van der Waals surface area contributed by atoms with E-state index in [2.05, 4.69) is 18.7 Å². The number of benzene rings is 1. The summed E-state index contributed by atoms with van der Waals surface area (Å²) >= 11 is 5.84. The minimum Gasteiger partial charge on any atom is -0.506 e. The van der Waals surface area contributed by atoms with Crippen LogP contribution in [-0.4, -0.2) is 53.0 Å². The van der Waals surface area contributed by atoms with Crippen LogP contribution in [-0.2, 0) is 0 Å². The van der Waals surface area contributed by atoms with Gasteiger partial charge in [-0.1, -0.05) is 18.5 Å². The Kier molecular flexibility index (Phi) is 4.32. The Labute approximate surface area is 118 Å². The molecule has 1 heterocycles. The highest BCUT2D eigenvalue weighted by Crippen LogP contribution is 2.24. The van der Waals surface area contributed by atoms with Crippen LogP contribution in [0.25, 0.3) is 0 Å². The van der Waals surface area contributed by atoms with Crippen molar-refractivity contribution in [2.45, 2.75) is 19.9 Å². The summed E-state index contributed by atoms with van der Waals surface area (Å²) < 4.78 is 0. The standard InChI is InChI=1S/C14H19ClN2O2/c1-3-16-6-7-17(9-10(16)2)14(19)11-4-5-13(18)12(15)8-11/h4-5,8,10,18H,3,6-7,9H2,1-2H3. The number of amides is 1. The largest absolute Gasteiger partial charge is 0.506 e. The summed E-state index contributed by atoms with van der Waals surface area (Å²) in [4.78, 5) is 16.6. The van der Waals surface area contributed by atoms with E-state index >= 15 is 0 Å². The minimum absolute atomic E-state index is 0.00221. The number of phenols is 1. The van der Waals surface area contributed by atoms with Gasteiger partial charge < -0.3 is 10.0 Å². The molecule has 1 unspecified atom stereocenters. The summed E-state index contributed by atoms with van der Waals surface area (Å²) in [6, 6.07) is 4.97. The topological polar surface area (TPSA) is 43.8 Å². The molecule has 1 aromatic carbocycles. The van der Waals surface area contributed by atoms with Crippen LogP contribution in [0.2, 0.25) is 5.02 Å². The maximum atomic E-state index is 12.4. The third-order valence-corrected chi connectivity index (χ3v) is 3.96. The predicted molar refractivity (Wildman–Crippen MR) is 75.7 cm³/mol. The van der Waals surface area contributed by atoms with Gasteiger partial charge in [-0.05, 0) is 31.7 Å². The SMILES string of the molecule is CCN1CCN(C(=O)c2ccc(O)c(Cl)c2)CC1C. The first-order valence-electron chi connectivity index (χ1n) is 6.54. The lowest BCUT2D eigenvalue weighted by Gasteiger charge is -2.39. The number of rotatable bonds is 2. The zero-order chi connectivity index (χ0) is 14.0. The van der Waals surface area contributed by atoms with Gasteiger partial charge in [-0.3, -0.25) is 9.69 Å². The molecule has 5 heteroatoms. The normalized spacial score (nSPS) is 20.6. The molecule has 2 rings (SSSR count). The summed E-state index contributed by atoms with van der Waals surface area (Å²) in [5, 5.41) is 9.59. The zero-order valence-corrected chi connectivity index (χ0v) is 12.0. The first kappa shape index (κ1) is 14.2. The van der Waals surface area contributed by atoms with Gasteiger partial charge >= 0.3 is 0 Å². The van der Waals surface area contributed by atoms with E-state index in [4.69, 9.17) is 11.6 Å². The van der Waals surface area contributed by atoms with E-state index in [1.807, 2.05) is 4.90 Å². The molecule has 1 saturated heterocycles. The van der Waals surface area contributed by atoms with E-state index in [-0.39, 0.29) is 16.7 Å². The maximum Gasteiger partial charge on any atom is 0.254 e. The molecule has 1 N–H and O–H groups in total. The molecule has 0 radical (unpaired) electrons. The van der Waals surface area contributed by atoms with Gasteiger partial charge in [0.1, 0.15) is 5.75 Å². The Bertz CT molecular complexity index is 479. The number of halogens is 1. The fourth-order valence-electron chi connectivity index (χ4n) is 2.47. The third kappa shape index (κ3) is 3.01. The van der Waals surface area contributed by atoms with E-state index in [9.17, 15) is 9.90 Å². The van der Waals surface area contributed by atoms with Gasteiger partial charge in [0.25, 0.3) is 5.91 Å². The molecule has 0 aromatic heterocycles. The smallest absolute Gasteiger partial charge is 0.254 e. The van der Waals surface area contributed by atoms with Crippen molar-refractivity contribution < 1.29 is 9.90 Å². The van der Waals surface area contributed by atoms with Crippen molar-refractivity contribution >= 4 is 17.5 Å². The van der Waals surface area contributed by atoms with Gasteiger partial charge in [-0.2, -0.15) is 0 Å². The summed E-state index contributed by atoms with van der Waals surface area (Å²) in [6.45, 7) is 7.63. The summed E-state index contributed by atoms with van der Waals surface area (Å²) in [7, 11) is 0. The van der Waals surface area contributed by atoms with Gasteiger partial charge in [0, 0.05) is 31.2 Å². The molecular weight excluding hydrogens is 264 g/mol. The van der Waals surface area contributed by atoms with Crippen LogP contribution >= 0.6 is 11.6 Å². The van der Waals surface area contributed by atoms with Gasteiger partial charge in [0.2, 0.25) is 0 Å². The van der Waals surface area contributed by atoms with Crippen molar-refractivity contribution in [2.75, 3.05) is 26.2 Å². The molecule has 0 aliphatic carbocycles. The van der Waals surface area contributed by atoms with E-state index < -0.39 is 0 Å². The predicted octanol–water partition coefficient (Wildman–Crippen LogP) is 2.21. The molecule has 19 heavy (non-hydrogen) atoms. The Balaban J connectivity index is 2.10. The molecule has 0 spiro atoms. The lowest BCUT2D eigenvalue weighted by Crippen LogP contribution is -2.53. The highest BCUT2D eigenvalue weighted by molar-refractivity contribution is 6.32. The first-order valence-corrected chi connectivity index (χ1v) is 6.92. The lowest BCUT2D eigenvalue weighted by molar-refractivity contribution is 0.0528. The average molecular weight is 283 g/mol. The van der Waals surface area contributed by atoms with Crippen molar-refractivity contribution in [3.8, 4) is 5.75 Å².